The minimum Gasteiger partial charge on any atom is -0.481 e. The summed E-state index contributed by atoms with van der Waals surface area (Å²) in [6.45, 7) is 1.66. The second-order valence-corrected chi connectivity index (χ2v) is 10.3. The van der Waals surface area contributed by atoms with Crippen molar-refractivity contribution in [2.45, 2.75) is 23.7 Å². The molecule has 0 saturated heterocycles. The van der Waals surface area contributed by atoms with Crippen LogP contribution in [0.5, 0.6) is 5.75 Å². The number of nitrogens with zero attached hydrogens (tertiary/aromatic N) is 1. The number of rotatable bonds is 9. The van der Waals surface area contributed by atoms with Crippen LogP contribution in [0.25, 0.3) is 0 Å². The molecule has 32 heavy (non-hydrogen) atoms. The number of amides is 1. The van der Waals surface area contributed by atoms with Crippen LogP contribution in [0.2, 0.25) is 0 Å². The maximum absolute atomic E-state index is 12.5. The average molecular weight is 471 g/mol. The zero-order valence-electron chi connectivity index (χ0n) is 18.2. The molecule has 1 N–H and O–H groups in total. The highest BCUT2D eigenvalue weighted by Crippen LogP contribution is 2.24. The van der Waals surface area contributed by atoms with Crippen molar-refractivity contribution in [3.8, 4) is 5.75 Å². The summed E-state index contributed by atoms with van der Waals surface area (Å²) < 4.78 is 30.1. The number of anilines is 2. The lowest BCUT2D eigenvalue weighted by atomic mass is 10.2. The van der Waals surface area contributed by atoms with E-state index in [1.807, 2.05) is 42.5 Å². The van der Waals surface area contributed by atoms with Gasteiger partial charge in [-0.15, -0.1) is 11.8 Å². The second kappa shape index (κ2) is 10.6. The molecule has 1 amide bonds. The second-order valence-electron chi connectivity index (χ2n) is 7.27. The number of carbonyl (C=O) groups excluding carboxylic acids is 1. The molecule has 1 atom stereocenters. The van der Waals surface area contributed by atoms with Gasteiger partial charge in [0.1, 0.15) is 5.75 Å². The van der Waals surface area contributed by atoms with Gasteiger partial charge in [0.05, 0.1) is 11.9 Å². The third kappa shape index (κ3) is 6.77. The summed E-state index contributed by atoms with van der Waals surface area (Å²) in [7, 11) is -1.85. The van der Waals surface area contributed by atoms with Gasteiger partial charge in [0.15, 0.2) is 6.10 Å². The van der Waals surface area contributed by atoms with Crippen molar-refractivity contribution >= 4 is 39.1 Å². The smallest absolute Gasteiger partial charge is 0.265 e. The van der Waals surface area contributed by atoms with E-state index in [4.69, 9.17) is 4.74 Å². The molecule has 0 bridgehead atoms. The molecule has 3 rings (SSSR count). The molecule has 0 heterocycles. The van der Waals surface area contributed by atoms with Gasteiger partial charge in [0.25, 0.3) is 5.91 Å². The highest BCUT2D eigenvalue weighted by atomic mass is 32.2. The molecule has 0 aliphatic carbocycles. The van der Waals surface area contributed by atoms with Crippen LogP contribution < -0.4 is 14.4 Å². The van der Waals surface area contributed by atoms with Crippen molar-refractivity contribution in [3.63, 3.8) is 0 Å². The standard InChI is InChI=1S/C24H26N2O4S2/c1-18(30-22-15-13-21(14-16-22)26(2)32(3,28)29)24(27)25-20-11-9-19(10-12-20)17-31-23-7-5-4-6-8-23/h4-16,18H,17H2,1-3H3,(H,25,27)/t18-/m0/s1. The number of thioether (sulfide) groups is 1. The van der Waals surface area contributed by atoms with Gasteiger partial charge in [-0.25, -0.2) is 8.42 Å². The van der Waals surface area contributed by atoms with Crippen LogP contribution >= 0.6 is 11.8 Å². The predicted octanol–water partition coefficient (Wildman–Crippen LogP) is 4.78. The Labute approximate surface area is 193 Å². The molecule has 0 radical (unpaired) electrons. The first-order valence-corrected chi connectivity index (χ1v) is 12.8. The Morgan fingerprint density at radius 2 is 1.62 bits per heavy atom. The van der Waals surface area contributed by atoms with Crippen LogP contribution in [0.15, 0.2) is 83.8 Å². The van der Waals surface area contributed by atoms with E-state index >= 15 is 0 Å². The van der Waals surface area contributed by atoms with Crippen LogP contribution in [0.1, 0.15) is 12.5 Å². The predicted molar refractivity (Wildman–Crippen MR) is 131 cm³/mol. The van der Waals surface area contributed by atoms with Crippen molar-refractivity contribution in [2.24, 2.45) is 0 Å². The van der Waals surface area contributed by atoms with Crippen molar-refractivity contribution in [1.29, 1.82) is 0 Å². The zero-order valence-corrected chi connectivity index (χ0v) is 19.8. The Morgan fingerprint density at radius 1 is 1.00 bits per heavy atom. The molecule has 0 aliphatic rings. The number of nitrogens with one attached hydrogen (secondary N) is 1. The van der Waals surface area contributed by atoms with E-state index in [1.54, 1.807) is 43.0 Å². The number of ether oxygens (including phenoxy) is 1. The van der Waals surface area contributed by atoms with E-state index in [9.17, 15) is 13.2 Å². The van der Waals surface area contributed by atoms with E-state index < -0.39 is 16.1 Å². The molecule has 0 saturated carbocycles. The fourth-order valence-electron chi connectivity index (χ4n) is 2.80. The Bertz CT molecular complexity index is 1130. The molecule has 0 unspecified atom stereocenters. The monoisotopic (exact) mass is 470 g/mol. The first kappa shape index (κ1) is 23.7. The summed E-state index contributed by atoms with van der Waals surface area (Å²) in [6.07, 6.45) is 0.417. The van der Waals surface area contributed by atoms with Gasteiger partial charge in [-0.2, -0.15) is 0 Å². The highest BCUT2D eigenvalue weighted by molar-refractivity contribution is 7.98. The quantitative estimate of drug-likeness (QED) is 0.456. The highest BCUT2D eigenvalue weighted by Gasteiger charge is 2.16. The Morgan fingerprint density at radius 3 is 2.22 bits per heavy atom. The Kier molecular flexibility index (Phi) is 7.82. The Balaban J connectivity index is 1.51. The first-order chi connectivity index (χ1) is 15.2. The fourth-order valence-corrected chi connectivity index (χ4v) is 4.18. The van der Waals surface area contributed by atoms with Crippen molar-refractivity contribution in [2.75, 3.05) is 22.9 Å². The third-order valence-electron chi connectivity index (χ3n) is 4.75. The molecule has 6 nitrogen and oxygen atoms in total. The third-order valence-corrected chi connectivity index (χ3v) is 7.04. The normalized spacial score (nSPS) is 12.1. The van der Waals surface area contributed by atoms with Crippen LogP contribution in [0.3, 0.4) is 0 Å². The van der Waals surface area contributed by atoms with Gasteiger partial charge in [0, 0.05) is 23.4 Å². The van der Waals surface area contributed by atoms with Gasteiger partial charge < -0.3 is 10.1 Å². The number of carbonyl (C=O) groups is 1. The van der Waals surface area contributed by atoms with Gasteiger partial charge in [-0.1, -0.05) is 30.3 Å². The summed E-state index contributed by atoms with van der Waals surface area (Å²) in [5.41, 5.74) is 2.38. The van der Waals surface area contributed by atoms with Gasteiger partial charge >= 0.3 is 0 Å². The molecular formula is C24H26N2O4S2. The first-order valence-electron chi connectivity index (χ1n) is 10.0. The van der Waals surface area contributed by atoms with Crippen molar-refractivity contribution in [3.05, 3.63) is 84.4 Å². The largest absolute Gasteiger partial charge is 0.481 e. The molecule has 0 fully saturated rings. The SMILES string of the molecule is C[C@H](Oc1ccc(N(C)S(C)(=O)=O)cc1)C(=O)Nc1ccc(CSc2ccccc2)cc1. The minimum absolute atomic E-state index is 0.270. The van der Waals surface area contributed by atoms with Gasteiger partial charge in [-0.05, 0) is 61.0 Å². The maximum Gasteiger partial charge on any atom is 0.265 e. The van der Waals surface area contributed by atoms with E-state index in [0.717, 1.165) is 12.0 Å². The fraction of sp³-hybridized carbons (Fsp3) is 0.208. The van der Waals surface area contributed by atoms with Crippen LogP contribution in [-0.4, -0.2) is 33.7 Å². The topological polar surface area (TPSA) is 75.7 Å². The van der Waals surface area contributed by atoms with Crippen LogP contribution in [0.4, 0.5) is 11.4 Å². The van der Waals surface area contributed by atoms with Crippen LogP contribution in [0, 0.1) is 0 Å². The molecule has 8 heteroatoms. The lowest BCUT2D eigenvalue weighted by Gasteiger charge is -2.18. The van der Waals surface area contributed by atoms with Crippen molar-refractivity contribution in [1.82, 2.24) is 0 Å². The van der Waals surface area contributed by atoms with Crippen LogP contribution in [-0.2, 0) is 20.6 Å². The molecule has 168 valence electrons. The lowest BCUT2D eigenvalue weighted by molar-refractivity contribution is -0.122. The lowest BCUT2D eigenvalue weighted by Crippen LogP contribution is -2.30. The summed E-state index contributed by atoms with van der Waals surface area (Å²) in [5.74, 6) is 1.06. The summed E-state index contributed by atoms with van der Waals surface area (Å²) in [5, 5.41) is 2.85. The molecular weight excluding hydrogens is 444 g/mol. The van der Waals surface area contributed by atoms with E-state index in [0.29, 0.717) is 17.1 Å². The Hall–Kier alpha value is -2.97. The number of hydrogen-bond donors (Lipinski definition) is 1. The number of benzene rings is 3. The van der Waals surface area contributed by atoms with E-state index in [1.165, 1.54) is 21.8 Å². The van der Waals surface area contributed by atoms with Gasteiger partial charge in [-0.3, -0.25) is 9.10 Å². The zero-order chi connectivity index (χ0) is 23.1. The van der Waals surface area contributed by atoms with E-state index in [-0.39, 0.29) is 5.91 Å². The van der Waals surface area contributed by atoms with Gasteiger partial charge in [0.2, 0.25) is 10.0 Å². The summed E-state index contributed by atoms with van der Waals surface area (Å²) in [6, 6.07) is 24.5. The van der Waals surface area contributed by atoms with E-state index in [2.05, 4.69) is 17.4 Å². The molecule has 0 aliphatic heterocycles. The number of sulfonamides is 1. The number of hydrogen-bond acceptors (Lipinski definition) is 5. The molecule has 0 spiro atoms. The minimum atomic E-state index is -3.33. The maximum atomic E-state index is 12.5. The van der Waals surface area contributed by atoms with Crippen molar-refractivity contribution < 1.29 is 17.9 Å². The summed E-state index contributed by atoms with van der Waals surface area (Å²) >= 11 is 1.76. The molecule has 3 aromatic carbocycles. The molecule has 3 aromatic rings. The summed E-state index contributed by atoms with van der Waals surface area (Å²) in [4.78, 5) is 13.7. The molecule has 0 aromatic heterocycles. The average Bonchev–Trinajstić information content (AvgIpc) is 2.78.